The molecular formula is C16H13ClN4O. The van der Waals surface area contributed by atoms with Crippen LogP contribution < -0.4 is 5.32 Å². The second-order valence-corrected chi connectivity index (χ2v) is 5.20. The number of nitrogens with zero attached hydrogens (tertiary/aromatic N) is 3. The SMILES string of the molecule is Cc1ccc(NC(=O)c2cnn(-c3ccccc3)n2)c(Cl)c1. The van der Waals surface area contributed by atoms with Gasteiger partial charge < -0.3 is 5.32 Å². The van der Waals surface area contributed by atoms with E-state index in [1.54, 1.807) is 12.1 Å². The monoisotopic (exact) mass is 312 g/mol. The molecule has 0 aliphatic heterocycles. The molecular weight excluding hydrogens is 300 g/mol. The number of carbonyl (C=O) groups is 1. The quantitative estimate of drug-likeness (QED) is 0.805. The van der Waals surface area contributed by atoms with Crippen molar-refractivity contribution in [2.24, 2.45) is 0 Å². The van der Waals surface area contributed by atoms with E-state index < -0.39 is 0 Å². The third kappa shape index (κ3) is 2.99. The van der Waals surface area contributed by atoms with Crippen molar-refractivity contribution in [3.63, 3.8) is 0 Å². The van der Waals surface area contributed by atoms with Gasteiger partial charge in [0, 0.05) is 0 Å². The molecule has 0 radical (unpaired) electrons. The lowest BCUT2D eigenvalue weighted by Crippen LogP contribution is -2.13. The van der Waals surface area contributed by atoms with Crippen molar-refractivity contribution in [3.8, 4) is 5.69 Å². The zero-order chi connectivity index (χ0) is 15.5. The number of anilines is 1. The molecule has 3 rings (SSSR count). The highest BCUT2D eigenvalue weighted by Crippen LogP contribution is 2.23. The Labute approximate surface area is 132 Å². The zero-order valence-electron chi connectivity index (χ0n) is 11.8. The van der Waals surface area contributed by atoms with E-state index in [1.165, 1.54) is 11.0 Å². The van der Waals surface area contributed by atoms with Crippen LogP contribution in [0, 0.1) is 6.92 Å². The summed E-state index contributed by atoms with van der Waals surface area (Å²) in [5.41, 5.74) is 2.58. The molecule has 0 atom stereocenters. The van der Waals surface area contributed by atoms with Crippen molar-refractivity contribution in [1.29, 1.82) is 0 Å². The van der Waals surface area contributed by atoms with Gasteiger partial charge in [0.15, 0.2) is 5.69 Å². The van der Waals surface area contributed by atoms with E-state index in [-0.39, 0.29) is 11.6 Å². The minimum atomic E-state index is -0.354. The summed E-state index contributed by atoms with van der Waals surface area (Å²) in [5, 5.41) is 11.5. The molecule has 22 heavy (non-hydrogen) atoms. The van der Waals surface area contributed by atoms with Crippen LogP contribution in [-0.2, 0) is 0 Å². The van der Waals surface area contributed by atoms with Crippen molar-refractivity contribution in [1.82, 2.24) is 15.0 Å². The summed E-state index contributed by atoms with van der Waals surface area (Å²) in [5.74, 6) is -0.354. The van der Waals surface area contributed by atoms with Crippen LogP contribution in [0.2, 0.25) is 5.02 Å². The van der Waals surface area contributed by atoms with Gasteiger partial charge in [0.1, 0.15) is 0 Å². The van der Waals surface area contributed by atoms with E-state index >= 15 is 0 Å². The molecule has 2 aromatic carbocycles. The Hall–Kier alpha value is -2.66. The van der Waals surface area contributed by atoms with Gasteiger partial charge in [-0.2, -0.15) is 9.90 Å². The smallest absolute Gasteiger partial charge is 0.277 e. The normalized spacial score (nSPS) is 10.5. The zero-order valence-corrected chi connectivity index (χ0v) is 12.6. The largest absolute Gasteiger partial charge is 0.319 e. The fourth-order valence-corrected chi connectivity index (χ4v) is 2.24. The molecule has 3 aromatic rings. The van der Waals surface area contributed by atoms with Crippen LogP contribution in [0.15, 0.2) is 54.7 Å². The van der Waals surface area contributed by atoms with Gasteiger partial charge in [-0.15, -0.1) is 5.10 Å². The molecule has 1 aromatic heterocycles. The van der Waals surface area contributed by atoms with Crippen LogP contribution in [0.25, 0.3) is 5.69 Å². The summed E-state index contributed by atoms with van der Waals surface area (Å²) in [4.78, 5) is 13.6. The minimum absolute atomic E-state index is 0.223. The highest BCUT2D eigenvalue weighted by molar-refractivity contribution is 6.34. The van der Waals surface area contributed by atoms with Crippen molar-refractivity contribution in [2.45, 2.75) is 6.92 Å². The summed E-state index contributed by atoms with van der Waals surface area (Å²) in [7, 11) is 0. The van der Waals surface area contributed by atoms with Gasteiger partial charge in [-0.3, -0.25) is 4.79 Å². The lowest BCUT2D eigenvalue weighted by molar-refractivity contribution is 0.102. The minimum Gasteiger partial charge on any atom is -0.319 e. The van der Waals surface area contributed by atoms with Crippen molar-refractivity contribution >= 4 is 23.2 Å². The standard InChI is InChI=1S/C16H13ClN4O/c1-11-7-8-14(13(17)9-11)19-16(22)15-10-18-21(20-15)12-5-3-2-4-6-12/h2-10H,1H3,(H,19,22). The van der Waals surface area contributed by atoms with Gasteiger partial charge in [-0.05, 0) is 36.8 Å². The number of halogens is 1. The van der Waals surface area contributed by atoms with Crippen LogP contribution in [0.1, 0.15) is 16.1 Å². The number of hydrogen-bond acceptors (Lipinski definition) is 3. The third-order valence-corrected chi connectivity index (χ3v) is 3.40. The fourth-order valence-electron chi connectivity index (χ4n) is 1.96. The highest BCUT2D eigenvalue weighted by atomic mass is 35.5. The van der Waals surface area contributed by atoms with Crippen LogP contribution in [0.4, 0.5) is 5.69 Å². The lowest BCUT2D eigenvalue weighted by Gasteiger charge is -2.06. The van der Waals surface area contributed by atoms with Gasteiger partial charge in [0.2, 0.25) is 0 Å². The van der Waals surface area contributed by atoms with Crippen LogP contribution in [0.3, 0.4) is 0 Å². The first-order valence-electron chi connectivity index (χ1n) is 6.69. The summed E-state index contributed by atoms with van der Waals surface area (Å²) >= 11 is 6.11. The molecule has 0 fully saturated rings. The van der Waals surface area contributed by atoms with E-state index in [0.717, 1.165) is 11.3 Å². The Morgan fingerprint density at radius 2 is 1.95 bits per heavy atom. The molecule has 0 aliphatic rings. The topological polar surface area (TPSA) is 59.8 Å². The maximum absolute atomic E-state index is 12.2. The summed E-state index contributed by atoms with van der Waals surface area (Å²) < 4.78 is 0. The number of amides is 1. The summed E-state index contributed by atoms with van der Waals surface area (Å²) in [6, 6.07) is 14.8. The van der Waals surface area contributed by atoms with E-state index in [1.807, 2.05) is 43.3 Å². The second kappa shape index (κ2) is 5.99. The maximum Gasteiger partial charge on any atom is 0.277 e. The second-order valence-electron chi connectivity index (χ2n) is 4.79. The lowest BCUT2D eigenvalue weighted by atomic mass is 10.2. The average Bonchev–Trinajstić information content (AvgIpc) is 3.01. The number of rotatable bonds is 3. The van der Waals surface area contributed by atoms with E-state index in [0.29, 0.717) is 10.7 Å². The molecule has 0 saturated heterocycles. The van der Waals surface area contributed by atoms with Crippen LogP contribution in [-0.4, -0.2) is 20.9 Å². The molecule has 0 saturated carbocycles. The molecule has 1 amide bonds. The molecule has 1 heterocycles. The fraction of sp³-hybridized carbons (Fsp3) is 0.0625. The molecule has 0 spiro atoms. The first-order chi connectivity index (χ1) is 10.6. The van der Waals surface area contributed by atoms with Crippen LogP contribution in [0.5, 0.6) is 0 Å². The Morgan fingerprint density at radius 1 is 1.18 bits per heavy atom. The molecule has 0 bridgehead atoms. The number of nitrogens with one attached hydrogen (secondary N) is 1. The Balaban J connectivity index is 1.80. The highest BCUT2D eigenvalue weighted by Gasteiger charge is 2.13. The van der Waals surface area contributed by atoms with E-state index in [4.69, 9.17) is 11.6 Å². The number of carbonyl (C=O) groups excluding carboxylic acids is 1. The first-order valence-corrected chi connectivity index (χ1v) is 7.06. The predicted octanol–water partition coefficient (Wildman–Crippen LogP) is 3.48. The molecule has 6 heteroatoms. The van der Waals surface area contributed by atoms with Gasteiger partial charge in [-0.25, -0.2) is 0 Å². The van der Waals surface area contributed by atoms with E-state index in [2.05, 4.69) is 15.5 Å². The number of aromatic nitrogens is 3. The van der Waals surface area contributed by atoms with Crippen molar-refractivity contribution < 1.29 is 4.79 Å². The van der Waals surface area contributed by atoms with Crippen molar-refractivity contribution in [3.05, 3.63) is 71.0 Å². The van der Waals surface area contributed by atoms with Crippen LogP contribution >= 0.6 is 11.6 Å². The number of para-hydroxylation sites is 1. The first kappa shape index (κ1) is 14.3. The molecule has 0 unspecified atom stereocenters. The predicted molar refractivity (Wildman–Crippen MR) is 85.5 cm³/mol. The summed E-state index contributed by atoms with van der Waals surface area (Å²) in [6.45, 7) is 1.93. The third-order valence-electron chi connectivity index (χ3n) is 3.08. The van der Waals surface area contributed by atoms with E-state index in [9.17, 15) is 4.79 Å². The Kier molecular flexibility index (Phi) is 3.89. The Morgan fingerprint density at radius 3 is 2.68 bits per heavy atom. The molecule has 5 nitrogen and oxygen atoms in total. The Bertz CT molecular complexity index is 814. The molecule has 110 valence electrons. The maximum atomic E-state index is 12.2. The van der Waals surface area contributed by atoms with Crippen molar-refractivity contribution in [2.75, 3.05) is 5.32 Å². The van der Waals surface area contributed by atoms with Gasteiger partial charge in [0.25, 0.3) is 5.91 Å². The van der Waals surface area contributed by atoms with Gasteiger partial charge in [-0.1, -0.05) is 35.9 Å². The van der Waals surface area contributed by atoms with Gasteiger partial charge >= 0.3 is 0 Å². The van der Waals surface area contributed by atoms with Gasteiger partial charge in [0.05, 0.1) is 22.6 Å². The number of aryl methyl sites for hydroxylation is 1. The number of hydrogen-bond donors (Lipinski definition) is 1. The number of benzene rings is 2. The summed E-state index contributed by atoms with van der Waals surface area (Å²) in [6.07, 6.45) is 1.42. The average molecular weight is 313 g/mol. The molecule has 1 N–H and O–H groups in total. The molecule has 0 aliphatic carbocycles.